The lowest BCUT2D eigenvalue weighted by Crippen LogP contribution is -2.02. The number of halogens is 1. The fourth-order valence-corrected chi connectivity index (χ4v) is 1.56. The van der Waals surface area contributed by atoms with Crippen molar-refractivity contribution in [1.29, 1.82) is 0 Å². The maximum absolute atomic E-state index is 5.68. The summed E-state index contributed by atoms with van der Waals surface area (Å²) in [7, 11) is 0. The molecule has 0 fully saturated rings. The van der Waals surface area contributed by atoms with Gasteiger partial charge in [-0.2, -0.15) is 0 Å². The van der Waals surface area contributed by atoms with Crippen molar-refractivity contribution in [3.05, 3.63) is 34.8 Å². The highest BCUT2D eigenvalue weighted by atomic mass is 79.9. The minimum Gasteiger partial charge on any atom is -0.359 e. The Morgan fingerprint density at radius 3 is 2.80 bits per heavy atom. The van der Waals surface area contributed by atoms with Crippen molar-refractivity contribution in [2.24, 2.45) is 5.73 Å². The van der Waals surface area contributed by atoms with Crippen LogP contribution in [-0.2, 0) is 0 Å². The molecule has 5 heteroatoms. The first-order chi connectivity index (χ1) is 7.16. The summed E-state index contributed by atoms with van der Waals surface area (Å²) in [6, 6.07) is 3.61. The molecule has 0 spiro atoms. The van der Waals surface area contributed by atoms with Crippen LogP contribution in [0.1, 0.15) is 18.7 Å². The molecule has 0 saturated carbocycles. The summed E-state index contributed by atoms with van der Waals surface area (Å²) in [4.78, 5) is 4.05. The highest BCUT2D eigenvalue weighted by Gasteiger charge is 2.09. The first-order valence-electron chi connectivity index (χ1n) is 4.50. The van der Waals surface area contributed by atoms with E-state index in [-0.39, 0.29) is 6.04 Å². The number of nitrogens with zero attached hydrogens (tertiary/aromatic N) is 2. The third-order valence-electron chi connectivity index (χ3n) is 1.98. The minimum absolute atomic E-state index is 0.147. The van der Waals surface area contributed by atoms with E-state index in [0.717, 1.165) is 15.7 Å². The molecule has 0 aliphatic carbocycles. The van der Waals surface area contributed by atoms with Gasteiger partial charge in [0.05, 0.1) is 6.04 Å². The van der Waals surface area contributed by atoms with Crippen LogP contribution >= 0.6 is 15.9 Å². The van der Waals surface area contributed by atoms with Crippen molar-refractivity contribution in [1.82, 2.24) is 10.1 Å². The van der Waals surface area contributed by atoms with E-state index >= 15 is 0 Å². The van der Waals surface area contributed by atoms with Gasteiger partial charge >= 0.3 is 0 Å². The zero-order chi connectivity index (χ0) is 10.8. The molecule has 0 radical (unpaired) electrons. The largest absolute Gasteiger partial charge is 0.359 e. The van der Waals surface area contributed by atoms with E-state index < -0.39 is 0 Å². The fourth-order valence-electron chi connectivity index (χ4n) is 1.19. The third-order valence-corrected chi connectivity index (χ3v) is 2.41. The third kappa shape index (κ3) is 2.24. The molecule has 4 nitrogen and oxygen atoms in total. The highest BCUT2D eigenvalue weighted by Crippen LogP contribution is 2.23. The van der Waals surface area contributed by atoms with E-state index in [9.17, 15) is 0 Å². The summed E-state index contributed by atoms with van der Waals surface area (Å²) in [5.74, 6) is 0.671. The van der Waals surface area contributed by atoms with Gasteiger partial charge in [-0.05, 0) is 28.9 Å². The molecule has 0 aliphatic heterocycles. The molecule has 0 aromatic carbocycles. The summed E-state index contributed by atoms with van der Waals surface area (Å²) in [6.45, 7) is 1.85. The summed E-state index contributed by atoms with van der Waals surface area (Å²) in [5.41, 5.74) is 7.33. The molecule has 2 N–H and O–H groups in total. The predicted molar refractivity (Wildman–Crippen MR) is 60.0 cm³/mol. The van der Waals surface area contributed by atoms with Crippen molar-refractivity contribution >= 4 is 15.9 Å². The molecule has 0 bridgehead atoms. The zero-order valence-electron chi connectivity index (χ0n) is 8.14. The van der Waals surface area contributed by atoms with E-state index in [1.54, 1.807) is 12.4 Å². The number of hydrogen-bond donors (Lipinski definition) is 1. The molecule has 1 atom stereocenters. The Balaban J connectivity index is 2.37. The van der Waals surface area contributed by atoms with Crippen molar-refractivity contribution in [2.45, 2.75) is 13.0 Å². The van der Waals surface area contributed by atoms with E-state index in [2.05, 4.69) is 26.1 Å². The van der Waals surface area contributed by atoms with Crippen LogP contribution in [0.3, 0.4) is 0 Å². The Morgan fingerprint density at radius 2 is 2.20 bits per heavy atom. The fraction of sp³-hybridized carbons (Fsp3) is 0.200. The Bertz CT molecular complexity index is 467. The Kier molecular flexibility index (Phi) is 2.83. The number of pyridine rings is 1. The molecular weight excluding hydrogens is 258 g/mol. The summed E-state index contributed by atoms with van der Waals surface area (Å²) >= 11 is 3.35. The Labute approximate surface area is 95.6 Å². The Hall–Kier alpha value is -1.20. The van der Waals surface area contributed by atoms with Crippen molar-refractivity contribution < 1.29 is 4.52 Å². The molecule has 2 heterocycles. The van der Waals surface area contributed by atoms with Crippen LogP contribution in [0.5, 0.6) is 0 Å². The average molecular weight is 268 g/mol. The van der Waals surface area contributed by atoms with Gasteiger partial charge < -0.3 is 10.3 Å². The van der Waals surface area contributed by atoms with Gasteiger partial charge in [0.2, 0.25) is 0 Å². The van der Waals surface area contributed by atoms with Crippen LogP contribution < -0.4 is 5.73 Å². The van der Waals surface area contributed by atoms with Gasteiger partial charge in [-0.25, -0.2) is 0 Å². The lowest BCUT2D eigenvalue weighted by Gasteiger charge is -1.95. The highest BCUT2D eigenvalue weighted by molar-refractivity contribution is 9.10. The van der Waals surface area contributed by atoms with Crippen LogP contribution in [0.4, 0.5) is 0 Å². The lowest BCUT2D eigenvalue weighted by atomic mass is 10.2. The molecular formula is C10H10BrN3O. The maximum Gasteiger partial charge on any atom is 0.153 e. The van der Waals surface area contributed by atoms with Gasteiger partial charge in [0.1, 0.15) is 5.69 Å². The second-order valence-corrected chi connectivity index (χ2v) is 4.21. The quantitative estimate of drug-likeness (QED) is 0.908. The van der Waals surface area contributed by atoms with Crippen molar-refractivity contribution in [3.8, 4) is 11.3 Å². The first-order valence-corrected chi connectivity index (χ1v) is 5.29. The maximum atomic E-state index is 5.68. The van der Waals surface area contributed by atoms with Gasteiger partial charge in [0.25, 0.3) is 0 Å². The zero-order valence-corrected chi connectivity index (χ0v) is 9.73. The van der Waals surface area contributed by atoms with Gasteiger partial charge in [0, 0.05) is 28.5 Å². The smallest absolute Gasteiger partial charge is 0.153 e. The molecule has 2 aromatic rings. The van der Waals surface area contributed by atoms with Crippen LogP contribution in [0.25, 0.3) is 11.3 Å². The van der Waals surface area contributed by atoms with Crippen molar-refractivity contribution in [3.63, 3.8) is 0 Å². The molecule has 0 aliphatic rings. The molecule has 15 heavy (non-hydrogen) atoms. The molecule has 1 unspecified atom stereocenters. The van der Waals surface area contributed by atoms with Crippen LogP contribution in [0.15, 0.2) is 33.5 Å². The first kappa shape index (κ1) is 10.3. The predicted octanol–water partition coefficient (Wildman–Crippen LogP) is 2.52. The Morgan fingerprint density at radius 1 is 1.40 bits per heavy atom. The van der Waals surface area contributed by atoms with Crippen LogP contribution in [0, 0.1) is 0 Å². The standard InChI is InChI=1S/C10H10BrN3O/c1-6(12)10-3-9(14-15-10)7-2-8(11)5-13-4-7/h2-6H,12H2,1H3. The topological polar surface area (TPSA) is 64.9 Å². The summed E-state index contributed by atoms with van der Waals surface area (Å²) in [6.07, 6.45) is 3.45. The van der Waals surface area contributed by atoms with Crippen molar-refractivity contribution in [2.75, 3.05) is 0 Å². The second-order valence-electron chi connectivity index (χ2n) is 3.30. The number of nitrogens with two attached hydrogens (primary N) is 1. The van der Waals surface area contributed by atoms with E-state index in [1.165, 1.54) is 0 Å². The SMILES string of the molecule is CC(N)c1cc(-c2cncc(Br)c2)no1. The number of rotatable bonds is 2. The second kappa shape index (κ2) is 4.12. The van der Waals surface area contributed by atoms with Gasteiger partial charge in [-0.1, -0.05) is 5.16 Å². The molecule has 78 valence electrons. The summed E-state index contributed by atoms with van der Waals surface area (Å²) < 4.78 is 6.01. The monoisotopic (exact) mass is 267 g/mol. The minimum atomic E-state index is -0.147. The normalized spacial score (nSPS) is 12.7. The van der Waals surface area contributed by atoms with Gasteiger partial charge in [-0.15, -0.1) is 0 Å². The molecule has 2 rings (SSSR count). The van der Waals surface area contributed by atoms with E-state index in [4.69, 9.17) is 10.3 Å². The molecule has 2 aromatic heterocycles. The van der Waals surface area contributed by atoms with E-state index in [1.807, 2.05) is 19.1 Å². The van der Waals surface area contributed by atoms with Gasteiger partial charge in [-0.3, -0.25) is 4.98 Å². The number of aromatic nitrogens is 2. The summed E-state index contributed by atoms with van der Waals surface area (Å²) in [5, 5.41) is 3.93. The number of hydrogen-bond acceptors (Lipinski definition) is 4. The average Bonchev–Trinajstić information content (AvgIpc) is 2.66. The van der Waals surface area contributed by atoms with Crippen LogP contribution in [-0.4, -0.2) is 10.1 Å². The lowest BCUT2D eigenvalue weighted by molar-refractivity contribution is 0.369. The molecule has 0 amide bonds. The van der Waals surface area contributed by atoms with E-state index in [0.29, 0.717) is 5.76 Å². The molecule has 0 saturated heterocycles. The van der Waals surface area contributed by atoms with Gasteiger partial charge in [0.15, 0.2) is 5.76 Å². The van der Waals surface area contributed by atoms with Crippen LogP contribution in [0.2, 0.25) is 0 Å².